The number of para-hydroxylation sites is 1. The van der Waals surface area contributed by atoms with Crippen LogP contribution >= 0.6 is 0 Å². The molecule has 0 radical (unpaired) electrons. The molecule has 2 aromatic carbocycles. The molecular weight excluding hydrogens is 362 g/mol. The van der Waals surface area contributed by atoms with Crippen molar-refractivity contribution in [2.75, 3.05) is 17.7 Å². The van der Waals surface area contributed by atoms with E-state index in [1.165, 1.54) is 19.3 Å². The summed E-state index contributed by atoms with van der Waals surface area (Å²) in [4.78, 5) is 8.91. The van der Waals surface area contributed by atoms with E-state index in [0.29, 0.717) is 19.1 Å². The van der Waals surface area contributed by atoms with Crippen LogP contribution in [0.4, 0.5) is 11.8 Å². The van der Waals surface area contributed by atoms with Gasteiger partial charge in [-0.25, -0.2) is 4.98 Å². The maximum Gasteiger partial charge on any atom is 0.222 e. The Morgan fingerprint density at radius 1 is 1.10 bits per heavy atom. The summed E-state index contributed by atoms with van der Waals surface area (Å²) < 4.78 is 5.83. The molecule has 6 nitrogen and oxygen atoms in total. The van der Waals surface area contributed by atoms with Crippen LogP contribution in [0.5, 0.6) is 5.75 Å². The second-order valence-electron chi connectivity index (χ2n) is 7.39. The molecule has 148 valence electrons. The van der Waals surface area contributed by atoms with E-state index in [1.54, 1.807) is 0 Å². The summed E-state index contributed by atoms with van der Waals surface area (Å²) in [5, 5.41) is 13.3. The molecule has 3 N–H and O–H groups in total. The molecule has 1 aromatic heterocycles. The number of nitrogens with zero attached hydrogens (tertiary/aromatic N) is 3. The number of nitrogen functional groups attached to an aromatic ring is 1. The first-order valence-corrected chi connectivity index (χ1v) is 10.2. The maximum atomic E-state index is 8.78. The van der Waals surface area contributed by atoms with Gasteiger partial charge in [0.1, 0.15) is 18.2 Å². The highest BCUT2D eigenvalue weighted by Crippen LogP contribution is 2.34. The lowest BCUT2D eigenvalue weighted by Gasteiger charge is -2.24. The quantitative estimate of drug-likeness (QED) is 0.583. The summed E-state index contributed by atoms with van der Waals surface area (Å²) in [6, 6.07) is 16.5. The second-order valence-corrected chi connectivity index (χ2v) is 7.39. The van der Waals surface area contributed by atoms with Gasteiger partial charge in [0, 0.05) is 17.0 Å². The third-order valence-corrected chi connectivity index (χ3v) is 5.33. The normalized spacial score (nSPS) is 14.4. The number of fused-ring (bicyclic) bond motifs is 1. The Morgan fingerprint density at radius 3 is 2.76 bits per heavy atom. The van der Waals surface area contributed by atoms with Crippen molar-refractivity contribution in [3.8, 4) is 22.9 Å². The first kappa shape index (κ1) is 19.0. The van der Waals surface area contributed by atoms with Gasteiger partial charge in [-0.3, -0.25) is 0 Å². The van der Waals surface area contributed by atoms with Crippen LogP contribution in [0, 0.1) is 11.3 Å². The van der Waals surface area contributed by atoms with Crippen LogP contribution < -0.4 is 15.8 Å². The summed E-state index contributed by atoms with van der Waals surface area (Å²) in [6.07, 6.45) is 6.46. The number of rotatable bonds is 6. The lowest BCUT2D eigenvalue weighted by Crippen LogP contribution is -2.23. The summed E-state index contributed by atoms with van der Waals surface area (Å²) in [5.41, 5.74) is 8.78. The van der Waals surface area contributed by atoms with Gasteiger partial charge in [-0.1, -0.05) is 43.5 Å². The molecule has 4 rings (SSSR count). The Labute approximate surface area is 170 Å². The van der Waals surface area contributed by atoms with Crippen LogP contribution in [0.15, 0.2) is 42.5 Å². The van der Waals surface area contributed by atoms with Crippen molar-refractivity contribution in [2.45, 2.75) is 44.6 Å². The number of hydrogen-bond donors (Lipinski definition) is 2. The van der Waals surface area contributed by atoms with Gasteiger partial charge in [-0.15, -0.1) is 0 Å². The van der Waals surface area contributed by atoms with Crippen LogP contribution in [0.1, 0.15) is 38.5 Å². The molecule has 0 spiro atoms. The summed E-state index contributed by atoms with van der Waals surface area (Å²) in [5.74, 6) is 1.84. The van der Waals surface area contributed by atoms with Crippen molar-refractivity contribution >= 4 is 22.7 Å². The zero-order valence-electron chi connectivity index (χ0n) is 16.4. The first-order chi connectivity index (χ1) is 14.2. The van der Waals surface area contributed by atoms with E-state index in [1.807, 2.05) is 36.4 Å². The van der Waals surface area contributed by atoms with E-state index >= 15 is 0 Å². The predicted octanol–water partition coefficient (Wildman–Crippen LogP) is 4.92. The molecule has 0 aliphatic heterocycles. The minimum Gasteiger partial charge on any atom is -0.492 e. The van der Waals surface area contributed by atoms with Crippen LogP contribution in [-0.4, -0.2) is 22.6 Å². The van der Waals surface area contributed by atoms with Crippen molar-refractivity contribution < 1.29 is 4.74 Å². The van der Waals surface area contributed by atoms with Gasteiger partial charge in [0.15, 0.2) is 0 Å². The number of nitrogens with one attached hydrogen (secondary N) is 1. The largest absolute Gasteiger partial charge is 0.492 e. The van der Waals surface area contributed by atoms with E-state index in [-0.39, 0.29) is 5.95 Å². The number of aromatic nitrogens is 2. The highest BCUT2D eigenvalue weighted by molar-refractivity contribution is 5.94. The SMILES string of the molecule is N#CCCOc1ccccc1-c1ccc2nc(N)nc(NC3CCCCC3)c2c1. The van der Waals surface area contributed by atoms with Crippen molar-refractivity contribution in [1.82, 2.24) is 9.97 Å². The molecule has 1 heterocycles. The van der Waals surface area contributed by atoms with Gasteiger partial charge < -0.3 is 15.8 Å². The smallest absolute Gasteiger partial charge is 0.222 e. The van der Waals surface area contributed by atoms with Crippen molar-refractivity contribution in [2.24, 2.45) is 0 Å². The Kier molecular flexibility index (Phi) is 5.76. The third-order valence-electron chi connectivity index (χ3n) is 5.33. The molecule has 0 unspecified atom stereocenters. The van der Waals surface area contributed by atoms with Gasteiger partial charge in [0.25, 0.3) is 0 Å². The minimum absolute atomic E-state index is 0.281. The monoisotopic (exact) mass is 387 g/mol. The summed E-state index contributed by atoms with van der Waals surface area (Å²) >= 11 is 0. The van der Waals surface area contributed by atoms with Gasteiger partial charge in [0.05, 0.1) is 18.0 Å². The molecule has 29 heavy (non-hydrogen) atoms. The lowest BCUT2D eigenvalue weighted by atomic mass is 9.95. The molecule has 1 aliphatic carbocycles. The predicted molar refractivity (Wildman–Crippen MR) is 116 cm³/mol. The molecule has 0 amide bonds. The fourth-order valence-corrected chi connectivity index (χ4v) is 3.90. The average Bonchev–Trinajstić information content (AvgIpc) is 2.75. The molecule has 6 heteroatoms. The van der Waals surface area contributed by atoms with Crippen LogP contribution in [0.25, 0.3) is 22.0 Å². The van der Waals surface area contributed by atoms with Crippen LogP contribution in [0.2, 0.25) is 0 Å². The van der Waals surface area contributed by atoms with Gasteiger partial charge >= 0.3 is 0 Å². The Hall–Kier alpha value is -3.33. The summed E-state index contributed by atoms with van der Waals surface area (Å²) in [7, 11) is 0. The molecule has 0 saturated heterocycles. The fraction of sp³-hybridized carbons (Fsp3) is 0.348. The highest BCUT2D eigenvalue weighted by Gasteiger charge is 2.17. The number of nitriles is 1. The molecule has 1 fully saturated rings. The minimum atomic E-state index is 0.281. The summed E-state index contributed by atoms with van der Waals surface area (Å²) in [6.45, 7) is 0.370. The van der Waals surface area contributed by atoms with Gasteiger partial charge in [-0.05, 0) is 36.6 Å². The molecule has 0 atom stereocenters. The topological polar surface area (TPSA) is 96.8 Å². The maximum absolute atomic E-state index is 8.78. The van der Waals surface area contributed by atoms with Crippen LogP contribution in [0.3, 0.4) is 0 Å². The van der Waals surface area contributed by atoms with E-state index in [0.717, 1.165) is 46.4 Å². The van der Waals surface area contributed by atoms with Crippen molar-refractivity contribution in [1.29, 1.82) is 5.26 Å². The van der Waals surface area contributed by atoms with E-state index < -0.39 is 0 Å². The van der Waals surface area contributed by atoms with E-state index in [9.17, 15) is 0 Å². The molecule has 0 bridgehead atoms. The van der Waals surface area contributed by atoms with Gasteiger partial charge in [0.2, 0.25) is 5.95 Å². The highest BCUT2D eigenvalue weighted by atomic mass is 16.5. The van der Waals surface area contributed by atoms with E-state index in [2.05, 4.69) is 27.4 Å². The third kappa shape index (κ3) is 4.40. The van der Waals surface area contributed by atoms with Crippen molar-refractivity contribution in [3.05, 3.63) is 42.5 Å². The van der Waals surface area contributed by atoms with Crippen LogP contribution in [-0.2, 0) is 0 Å². The number of nitrogens with two attached hydrogens (primary N) is 1. The average molecular weight is 387 g/mol. The molecule has 1 aliphatic rings. The Bertz CT molecular complexity index is 1040. The number of benzene rings is 2. The standard InChI is InChI=1S/C23H25N5O/c24-13-6-14-29-21-10-5-4-9-18(21)16-11-12-20-19(15-16)22(28-23(25)27-20)26-17-7-2-1-3-8-17/h4-5,9-12,15,17H,1-3,6-8,14H2,(H3,25,26,27,28). The molecule has 1 saturated carbocycles. The number of ether oxygens (including phenoxy) is 1. The number of hydrogen-bond acceptors (Lipinski definition) is 6. The Balaban J connectivity index is 1.71. The first-order valence-electron chi connectivity index (χ1n) is 10.2. The fourth-order valence-electron chi connectivity index (χ4n) is 3.90. The van der Waals surface area contributed by atoms with E-state index in [4.69, 9.17) is 15.7 Å². The molecule has 3 aromatic rings. The lowest BCUT2D eigenvalue weighted by molar-refractivity contribution is 0.328. The Morgan fingerprint density at radius 2 is 1.93 bits per heavy atom. The molecular formula is C23H25N5O. The van der Waals surface area contributed by atoms with Crippen molar-refractivity contribution in [3.63, 3.8) is 0 Å². The number of anilines is 2. The van der Waals surface area contributed by atoms with Gasteiger partial charge in [-0.2, -0.15) is 10.2 Å². The zero-order chi connectivity index (χ0) is 20.1. The zero-order valence-corrected chi connectivity index (χ0v) is 16.4. The second kappa shape index (κ2) is 8.78.